The summed E-state index contributed by atoms with van der Waals surface area (Å²) in [5.74, 6) is 1.39. The van der Waals surface area contributed by atoms with Crippen LogP contribution in [0.15, 0.2) is 182 Å². The third-order valence-corrected chi connectivity index (χ3v) is 20.5. The molecular weight excluding hydrogens is 931 g/mol. The standard InChI is InChI=1S/C56H48N2OSe2Si2/c1-62(2,3)49-21-17-39(18-22-49)51-35-41-25-27-57-53(55(41)60-51)45-29-43(37-13-9-7-10-14-37)31-47(33-45)59-48-32-44(38-15-11-8-12-16-38)30-46(34-48)54-56-42(26-28-58-54)36-52(61-56)40-19-23-50(24-20-40)63(4,5)6/h7-36H,1-6H3/i35D,36D. The Morgan fingerprint density at radius 1 is 0.413 bits per heavy atom. The number of ether oxygens (including phenoxy) is 1. The van der Waals surface area contributed by atoms with Crippen molar-refractivity contribution in [2.24, 2.45) is 0 Å². The molecule has 0 radical (unpaired) electrons. The molecule has 0 saturated carbocycles. The van der Waals surface area contributed by atoms with E-state index in [1.54, 1.807) is 0 Å². The van der Waals surface area contributed by atoms with Gasteiger partial charge in [0, 0.05) is 0 Å². The van der Waals surface area contributed by atoms with Crippen molar-refractivity contribution in [1.82, 2.24) is 9.97 Å². The molecule has 0 amide bonds. The molecule has 0 bridgehead atoms. The molecule has 0 aliphatic rings. The van der Waals surface area contributed by atoms with Gasteiger partial charge in [-0.3, -0.25) is 0 Å². The van der Waals surface area contributed by atoms with E-state index < -0.39 is 16.1 Å². The second-order valence-electron chi connectivity index (χ2n) is 18.2. The molecule has 308 valence electrons. The van der Waals surface area contributed by atoms with E-state index in [1.807, 2.05) is 36.7 Å². The van der Waals surface area contributed by atoms with E-state index >= 15 is 0 Å². The van der Waals surface area contributed by atoms with E-state index in [0.29, 0.717) is 23.6 Å². The Morgan fingerprint density at radius 3 is 1.17 bits per heavy atom. The van der Waals surface area contributed by atoms with E-state index in [9.17, 15) is 2.74 Å². The number of fused-ring (bicyclic) bond motifs is 2. The van der Waals surface area contributed by atoms with Crippen molar-refractivity contribution >= 4 is 74.8 Å². The molecule has 0 fully saturated rings. The Morgan fingerprint density at radius 2 is 0.794 bits per heavy atom. The van der Waals surface area contributed by atoms with Crippen LogP contribution in [0.4, 0.5) is 0 Å². The number of rotatable bonds is 10. The number of aromatic nitrogens is 2. The van der Waals surface area contributed by atoms with Gasteiger partial charge in [-0.25, -0.2) is 0 Å². The Hall–Kier alpha value is -5.63. The van der Waals surface area contributed by atoms with Gasteiger partial charge in [-0.1, -0.05) is 0 Å². The van der Waals surface area contributed by atoms with Crippen molar-refractivity contribution in [1.29, 1.82) is 0 Å². The van der Waals surface area contributed by atoms with Gasteiger partial charge in [0.2, 0.25) is 0 Å². The number of nitrogens with zero attached hydrogens (tertiary/aromatic N) is 2. The fraction of sp³-hybridized carbons (Fsp3) is 0.107. The van der Waals surface area contributed by atoms with Crippen molar-refractivity contribution in [3.05, 3.63) is 182 Å². The third-order valence-electron chi connectivity index (χ3n) is 11.5. The quantitative estimate of drug-likeness (QED) is 0.128. The van der Waals surface area contributed by atoms with Gasteiger partial charge in [0.25, 0.3) is 0 Å². The molecule has 0 N–H and O–H groups in total. The summed E-state index contributed by atoms with van der Waals surface area (Å²) < 4.78 is 30.2. The Labute approximate surface area is 387 Å². The van der Waals surface area contributed by atoms with E-state index in [4.69, 9.17) is 14.7 Å². The van der Waals surface area contributed by atoms with Gasteiger partial charge in [0.05, 0.1) is 0 Å². The number of pyridine rings is 2. The molecule has 6 aromatic carbocycles. The van der Waals surface area contributed by atoms with Gasteiger partial charge in [0.1, 0.15) is 0 Å². The number of hydrogen-bond donors (Lipinski definition) is 0. The predicted molar refractivity (Wildman–Crippen MR) is 276 cm³/mol. The van der Waals surface area contributed by atoms with E-state index in [2.05, 4.69) is 173 Å². The molecule has 10 rings (SSSR count). The molecule has 0 atom stereocenters. The maximum absolute atomic E-state index is 9.37. The van der Waals surface area contributed by atoms with Crippen molar-refractivity contribution in [3.63, 3.8) is 0 Å². The number of benzene rings is 6. The first-order chi connectivity index (χ1) is 31.3. The Bertz CT molecular complexity index is 3150. The van der Waals surface area contributed by atoms with Crippen molar-refractivity contribution < 1.29 is 7.48 Å². The molecule has 0 spiro atoms. The fourth-order valence-corrected chi connectivity index (χ4v) is 15.0. The molecule has 7 heteroatoms. The first-order valence-electron chi connectivity index (χ1n) is 22.4. The summed E-state index contributed by atoms with van der Waals surface area (Å²) in [6.07, 6.45) is 3.69. The van der Waals surface area contributed by atoms with Crippen molar-refractivity contribution in [3.8, 4) is 76.3 Å². The van der Waals surface area contributed by atoms with Crippen LogP contribution in [0.25, 0.3) is 84.1 Å². The van der Waals surface area contributed by atoms with Crippen LogP contribution in [0, 0.1) is 0 Å². The monoisotopic (exact) mass is 982 g/mol. The fourth-order valence-electron chi connectivity index (χ4n) is 8.04. The molecule has 63 heavy (non-hydrogen) atoms. The minimum absolute atomic E-state index is 0.116. The predicted octanol–water partition coefficient (Wildman–Crippen LogP) is 13.8. The Kier molecular flexibility index (Phi) is 10.4. The average Bonchev–Trinajstić information content (AvgIpc) is 3.84. The zero-order chi connectivity index (χ0) is 45.0. The van der Waals surface area contributed by atoms with Gasteiger partial charge in [-0.15, -0.1) is 0 Å². The summed E-state index contributed by atoms with van der Waals surface area (Å²) in [5.41, 5.74) is 10.1. The summed E-state index contributed by atoms with van der Waals surface area (Å²) in [7, 11) is -2.91. The topological polar surface area (TPSA) is 35.0 Å². The molecular formula is C56H48N2OSe2Si2. The van der Waals surface area contributed by atoms with Crippen LogP contribution in [-0.4, -0.2) is 55.1 Å². The molecule has 3 nitrogen and oxygen atoms in total. The van der Waals surface area contributed by atoms with Gasteiger partial charge in [-0.2, -0.15) is 0 Å². The van der Waals surface area contributed by atoms with Crippen molar-refractivity contribution in [2.75, 3.05) is 0 Å². The van der Waals surface area contributed by atoms with Crippen molar-refractivity contribution in [2.45, 2.75) is 39.3 Å². The normalized spacial score (nSPS) is 12.4. The maximum atomic E-state index is 9.37. The first kappa shape index (κ1) is 39.0. The van der Waals surface area contributed by atoms with Gasteiger partial charge in [0.15, 0.2) is 0 Å². The molecule has 0 unspecified atom stereocenters. The first-order valence-corrected chi connectivity index (χ1v) is 31.8. The minimum atomic E-state index is -1.45. The van der Waals surface area contributed by atoms with Crippen LogP contribution < -0.4 is 15.1 Å². The van der Waals surface area contributed by atoms with Crippen LogP contribution in [-0.2, 0) is 0 Å². The molecule has 0 aliphatic heterocycles. The van der Waals surface area contributed by atoms with E-state index in [0.717, 1.165) is 84.1 Å². The second-order valence-corrected chi connectivity index (χ2v) is 32.6. The summed E-state index contributed by atoms with van der Waals surface area (Å²) >= 11 is -0.232. The molecule has 0 saturated heterocycles. The Balaban J connectivity index is 1.09. The number of hydrogen-bond acceptors (Lipinski definition) is 3. The third kappa shape index (κ3) is 8.70. The summed E-state index contributed by atoms with van der Waals surface area (Å²) in [4.78, 5) is 10.1. The van der Waals surface area contributed by atoms with Crippen LogP contribution in [0.1, 0.15) is 2.74 Å². The second kappa shape index (κ2) is 16.8. The summed E-state index contributed by atoms with van der Waals surface area (Å²) in [6, 6.07) is 56.8. The zero-order valence-corrected chi connectivity index (χ0v) is 41.7. The molecule has 4 heterocycles. The summed E-state index contributed by atoms with van der Waals surface area (Å²) in [5, 5.41) is 4.74. The van der Waals surface area contributed by atoms with Crippen LogP contribution in [0.2, 0.25) is 39.3 Å². The molecule has 10 aromatic rings. The average molecular weight is 981 g/mol. The van der Waals surface area contributed by atoms with E-state index in [-0.39, 0.29) is 29.0 Å². The van der Waals surface area contributed by atoms with Gasteiger partial charge >= 0.3 is 390 Å². The zero-order valence-electron chi connectivity index (χ0n) is 38.3. The van der Waals surface area contributed by atoms with E-state index in [1.165, 1.54) is 10.4 Å². The van der Waals surface area contributed by atoms with Gasteiger partial charge < -0.3 is 0 Å². The SMILES string of the molecule is [2H]c1c(-c2ccc([Si](C)(C)C)cc2)[se]c2c(-c3cc(Oc4cc(-c5ccccc5)cc(-c5nccc6c([2H])c(-c7ccc([Si](C)(C)C)cc7)[se]c56)c4)cc(-c4ccccc4)c3)nccc12. The van der Waals surface area contributed by atoms with Crippen LogP contribution in [0.5, 0.6) is 11.5 Å². The van der Waals surface area contributed by atoms with Crippen LogP contribution in [0.3, 0.4) is 0 Å². The van der Waals surface area contributed by atoms with Gasteiger partial charge in [-0.05, 0) is 0 Å². The van der Waals surface area contributed by atoms with Crippen LogP contribution >= 0.6 is 0 Å². The summed E-state index contributed by atoms with van der Waals surface area (Å²) in [6.45, 7) is 14.2. The molecule has 0 aliphatic carbocycles. The molecule has 4 aromatic heterocycles.